The zero-order valence-electron chi connectivity index (χ0n) is 26.3. The number of carbonyl (C=O) groups is 3. The molecule has 0 saturated carbocycles. The second-order valence-electron chi connectivity index (χ2n) is 11.1. The van der Waals surface area contributed by atoms with Crippen molar-refractivity contribution in [1.29, 1.82) is 0 Å². The average Bonchev–Trinajstić information content (AvgIpc) is 3.54. The summed E-state index contributed by atoms with van der Waals surface area (Å²) in [5.41, 5.74) is 5.90. The quantitative estimate of drug-likeness (QED) is 0.101. The molecule has 0 aliphatic rings. The van der Waals surface area contributed by atoms with Crippen LogP contribution in [0, 0.1) is 6.92 Å². The van der Waals surface area contributed by atoms with Crippen LogP contribution in [0.25, 0.3) is 28.6 Å². The molecule has 9 heteroatoms. The lowest BCUT2D eigenvalue weighted by Crippen LogP contribution is -2.30. The van der Waals surface area contributed by atoms with Crippen LogP contribution in [0.3, 0.4) is 0 Å². The predicted molar refractivity (Wildman–Crippen MR) is 192 cm³/mol. The van der Waals surface area contributed by atoms with Crippen LogP contribution in [0.2, 0.25) is 0 Å². The van der Waals surface area contributed by atoms with Gasteiger partial charge in [0.05, 0.1) is 5.25 Å². The molecule has 0 bridgehead atoms. The van der Waals surface area contributed by atoms with E-state index in [0.29, 0.717) is 22.8 Å². The molecule has 0 saturated heterocycles. The minimum Gasteiger partial charge on any atom is -0.436 e. The van der Waals surface area contributed by atoms with Crippen LogP contribution in [-0.4, -0.2) is 28.0 Å². The van der Waals surface area contributed by atoms with Crippen molar-refractivity contribution in [1.82, 2.24) is 10.3 Å². The Morgan fingerprint density at radius 2 is 1.46 bits per heavy atom. The Morgan fingerprint density at radius 3 is 2.19 bits per heavy atom. The Bertz CT molecular complexity index is 2070. The number of nitrogens with one attached hydrogen (secondary N) is 3. The van der Waals surface area contributed by atoms with Gasteiger partial charge in [0.1, 0.15) is 11.2 Å². The average molecular weight is 653 g/mol. The highest BCUT2D eigenvalue weighted by Crippen LogP contribution is 2.28. The number of amides is 3. The molecule has 6 rings (SSSR count). The molecule has 0 fully saturated rings. The van der Waals surface area contributed by atoms with Gasteiger partial charge in [0.2, 0.25) is 11.8 Å². The van der Waals surface area contributed by atoms with Crippen LogP contribution >= 0.6 is 11.8 Å². The van der Waals surface area contributed by atoms with Gasteiger partial charge in [-0.25, -0.2) is 4.98 Å². The van der Waals surface area contributed by atoms with E-state index in [-0.39, 0.29) is 22.8 Å². The number of fused-ring (bicyclic) bond motifs is 1. The Hall–Kier alpha value is -5.93. The molecule has 48 heavy (non-hydrogen) atoms. The smallest absolute Gasteiger partial charge is 0.272 e. The van der Waals surface area contributed by atoms with Gasteiger partial charge in [0.15, 0.2) is 5.58 Å². The fourth-order valence-electron chi connectivity index (χ4n) is 4.88. The molecule has 8 nitrogen and oxygen atoms in total. The van der Waals surface area contributed by atoms with Gasteiger partial charge in [-0.2, -0.15) is 0 Å². The Labute approximate surface area is 282 Å². The third-order valence-corrected chi connectivity index (χ3v) is 8.48. The first-order valence-corrected chi connectivity index (χ1v) is 16.2. The summed E-state index contributed by atoms with van der Waals surface area (Å²) in [6.45, 7) is 3.79. The number of para-hydroxylation sites is 2. The van der Waals surface area contributed by atoms with Crippen LogP contribution in [0.5, 0.6) is 0 Å². The summed E-state index contributed by atoms with van der Waals surface area (Å²) in [6, 6.07) is 38.5. The van der Waals surface area contributed by atoms with E-state index < -0.39 is 5.91 Å². The lowest BCUT2D eigenvalue weighted by Gasteiger charge is -2.14. The maximum atomic E-state index is 13.4. The molecule has 0 aliphatic carbocycles. The summed E-state index contributed by atoms with van der Waals surface area (Å²) in [7, 11) is 0. The molecule has 1 heterocycles. The van der Waals surface area contributed by atoms with E-state index in [2.05, 4.69) is 20.9 Å². The summed E-state index contributed by atoms with van der Waals surface area (Å²) in [4.78, 5) is 44.6. The van der Waals surface area contributed by atoms with Gasteiger partial charge < -0.3 is 20.4 Å². The minimum atomic E-state index is -0.462. The van der Waals surface area contributed by atoms with Crippen molar-refractivity contribution < 1.29 is 18.8 Å². The van der Waals surface area contributed by atoms with Gasteiger partial charge in [-0.1, -0.05) is 60.2 Å². The third-order valence-electron chi connectivity index (χ3n) is 7.37. The number of aromatic nitrogens is 1. The van der Waals surface area contributed by atoms with E-state index in [1.54, 1.807) is 42.5 Å². The highest BCUT2D eigenvalue weighted by Gasteiger charge is 2.17. The first-order chi connectivity index (χ1) is 23.3. The van der Waals surface area contributed by atoms with Gasteiger partial charge in [0, 0.05) is 27.4 Å². The summed E-state index contributed by atoms with van der Waals surface area (Å²) in [6.07, 6.45) is 1.65. The number of hydrogen-bond acceptors (Lipinski definition) is 6. The fraction of sp³-hybridized carbons (Fsp3) is 0.0769. The van der Waals surface area contributed by atoms with E-state index in [1.165, 1.54) is 11.8 Å². The normalized spacial score (nSPS) is 11.9. The van der Waals surface area contributed by atoms with Crippen molar-refractivity contribution in [3.63, 3.8) is 0 Å². The van der Waals surface area contributed by atoms with Gasteiger partial charge in [-0.3, -0.25) is 14.4 Å². The molecule has 0 aliphatic heterocycles. The topological polar surface area (TPSA) is 113 Å². The Kier molecular flexibility index (Phi) is 9.78. The van der Waals surface area contributed by atoms with E-state index in [0.717, 1.165) is 32.7 Å². The number of aryl methyl sites for hydroxylation is 1. The molecule has 1 aromatic heterocycles. The minimum absolute atomic E-state index is 0.111. The summed E-state index contributed by atoms with van der Waals surface area (Å²) in [5, 5.41) is 8.20. The van der Waals surface area contributed by atoms with Gasteiger partial charge >= 0.3 is 0 Å². The third kappa shape index (κ3) is 8.07. The number of rotatable bonds is 10. The summed E-state index contributed by atoms with van der Waals surface area (Å²) < 4.78 is 5.84. The second-order valence-corrected chi connectivity index (χ2v) is 12.5. The van der Waals surface area contributed by atoms with Crippen molar-refractivity contribution in [2.45, 2.75) is 24.0 Å². The van der Waals surface area contributed by atoms with Crippen LogP contribution in [0.1, 0.15) is 28.4 Å². The van der Waals surface area contributed by atoms with Crippen LogP contribution in [-0.2, 0) is 9.59 Å². The van der Waals surface area contributed by atoms with Crippen molar-refractivity contribution >= 4 is 58.0 Å². The van der Waals surface area contributed by atoms with Gasteiger partial charge in [-0.05, 0) is 98.3 Å². The number of nitrogens with zero attached hydrogens (tertiary/aromatic N) is 1. The number of oxazole rings is 1. The molecule has 1 unspecified atom stereocenters. The fourth-order valence-corrected chi connectivity index (χ4v) is 5.75. The highest BCUT2D eigenvalue weighted by atomic mass is 32.2. The van der Waals surface area contributed by atoms with Crippen LogP contribution in [0.15, 0.2) is 142 Å². The SMILES string of the molecule is Cc1cccc(/C=C(\NC(=O)c2ccccc2)C(=O)Nc2ccc(SC(C)C(=O)Nc3ccc(-c4nc5ccccc5o4)cc3)cc2)c1. The molecular weight excluding hydrogens is 621 g/mol. The molecule has 3 amide bonds. The van der Waals surface area contributed by atoms with Crippen molar-refractivity contribution in [3.8, 4) is 11.5 Å². The van der Waals surface area contributed by atoms with Crippen molar-refractivity contribution in [3.05, 3.63) is 150 Å². The lowest BCUT2D eigenvalue weighted by atomic mass is 10.1. The molecule has 6 aromatic rings. The standard InChI is InChI=1S/C39H32N4O4S/c1-25-9-8-10-27(23-25)24-34(42-37(45)28-11-4-3-5-12-28)38(46)41-31-19-21-32(22-20-31)48-26(2)36(44)40-30-17-15-29(16-18-30)39-43-33-13-6-7-14-35(33)47-39/h3-24,26H,1-2H3,(H,40,44)(H,41,46)(H,42,45)/b34-24-. The lowest BCUT2D eigenvalue weighted by molar-refractivity contribution is -0.115. The maximum Gasteiger partial charge on any atom is 0.272 e. The van der Waals surface area contributed by atoms with Gasteiger partial charge in [0.25, 0.3) is 11.8 Å². The maximum absolute atomic E-state index is 13.4. The Balaban J connectivity index is 1.07. The van der Waals surface area contributed by atoms with Crippen LogP contribution < -0.4 is 16.0 Å². The zero-order chi connectivity index (χ0) is 33.5. The highest BCUT2D eigenvalue weighted by molar-refractivity contribution is 8.00. The van der Waals surface area contributed by atoms with Crippen LogP contribution in [0.4, 0.5) is 11.4 Å². The zero-order valence-corrected chi connectivity index (χ0v) is 27.1. The number of carbonyl (C=O) groups excluding carboxylic acids is 3. The number of benzene rings is 5. The van der Waals surface area contributed by atoms with E-state index in [4.69, 9.17) is 4.42 Å². The molecule has 5 aromatic carbocycles. The van der Waals surface area contributed by atoms with Crippen molar-refractivity contribution in [2.24, 2.45) is 0 Å². The Morgan fingerprint density at radius 1 is 0.771 bits per heavy atom. The monoisotopic (exact) mass is 652 g/mol. The predicted octanol–water partition coefficient (Wildman–Crippen LogP) is 8.33. The first kappa shape index (κ1) is 32.0. The molecule has 238 valence electrons. The molecule has 0 radical (unpaired) electrons. The van der Waals surface area contributed by atoms with E-state index in [9.17, 15) is 14.4 Å². The summed E-state index contributed by atoms with van der Waals surface area (Å²) >= 11 is 1.40. The molecule has 0 spiro atoms. The molecule has 1 atom stereocenters. The second kappa shape index (κ2) is 14.7. The number of anilines is 2. The number of thioether (sulfide) groups is 1. The van der Waals surface area contributed by atoms with E-state index >= 15 is 0 Å². The van der Waals surface area contributed by atoms with Gasteiger partial charge in [-0.15, -0.1) is 11.8 Å². The molecule has 3 N–H and O–H groups in total. The summed E-state index contributed by atoms with van der Waals surface area (Å²) in [5.74, 6) is -0.473. The molecular formula is C39H32N4O4S. The largest absolute Gasteiger partial charge is 0.436 e. The van der Waals surface area contributed by atoms with Crippen molar-refractivity contribution in [2.75, 3.05) is 10.6 Å². The first-order valence-electron chi connectivity index (χ1n) is 15.3. The number of hydrogen-bond donors (Lipinski definition) is 3. The van der Waals surface area contributed by atoms with E-state index in [1.807, 2.05) is 105 Å².